The van der Waals surface area contributed by atoms with Crippen LogP contribution in [0.4, 0.5) is 5.69 Å². The molecule has 0 amide bonds. The van der Waals surface area contributed by atoms with Crippen LogP contribution >= 0.6 is 0 Å². The van der Waals surface area contributed by atoms with E-state index in [1.807, 2.05) is 24.3 Å². The van der Waals surface area contributed by atoms with Crippen LogP contribution in [-0.4, -0.2) is 19.9 Å². The fourth-order valence-electron chi connectivity index (χ4n) is 2.14. The van der Waals surface area contributed by atoms with E-state index in [0.717, 1.165) is 24.9 Å². The predicted molar refractivity (Wildman–Crippen MR) is 64.1 cm³/mol. The minimum Gasteiger partial charge on any atom is -0.398 e. The number of nitrogens with two attached hydrogens (primary N) is 1. The summed E-state index contributed by atoms with van der Waals surface area (Å²) in [6.07, 6.45) is 1.18. The molecule has 0 spiro atoms. The summed E-state index contributed by atoms with van der Waals surface area (Å²) in [7, 11) is 0. The molecule has 17 heavy (non-hydrogen) atoms. The molecule has 1 atom stereocenters. The van der Waals surface area contributed by atoms with E-state index < -0.39 is 6.10 Å². The van der Waals surface area contributed by atoms with Crippen LogP contribution in [0.3, 0.4) is 0 Å². The first-order chi connectivity index (χ1) is 8.25. The highest BCUT2D eigenvalue weighted by atomic mass is 16.3. The van der Waals surface area contributed by atoms with Crippen molar-refractivity contribution in [2.45, 2.75) is 25.5 Å². The molecule has 2 heterocycles. The van der Waals surface area contributed by atoms with Gasteiger partial charge < -0.3 is 10.8 Å². The molecule has 2 aromatic rings. The van der Waals surface area contributed by atoms with Gasteiger partial charge in [-0.25, -0.2) is 9.67 Å². The summed E-state index contributed by atoms with van der Waals surface area (Å²) in [5.41, 5.74) is 7.37. The lowest BCUT2D eigenvalue weighted by Gasteiger charge is -2.16. The summed E-state index contributed by atoms with van der Waals surface area (Å²) in [5, 5.41) is 14.2. The zero-order valence-corrected chi connectivity index (χ0v) is 9.37. The van der Waals surface area contributed by atoms with Gasteiger partial charge in [0.2, 0.25) is 0 Å². The van der Waals surface area contributed by atoms with Crippen molar-refractivity contribution in [2.75, 3.05) is 5.73 Å². The van der Waals surface area contributed by atoms with Crippen LogP contribution in [0, 0.1) is 0 Å². The van der Waals surface area contributed by atoms with Gasteiger partial charge in [-0.1, -0.05) is 12.1 Å². The molecule has 1 aliphatic rings. The molecular weight excluding hydrogens is 216 g/mol. The van der Waals surface area contributed by atoms with E-state index in [1.165, 1.54) is 0 Å². The third kappa shape index (κ3) is 1.68. The third-order valence-electron chi connectivity index (χ3n) is 3.05. The summed E-state index contributed by atoms with van der Waals surface area (Å²) < 4.78 is 1.77. The van der Waals surface area contributed by atoms with Gasteiger partial charge in [0, 0.05) is 17.8 Å². The van der Waals surface area contributed by atoms with Crippen LogP contribution in [-0.2, 0) is 6.54 Å². The lowest BCUT2D eigenvalue weighted by atomic mass is 10.1. The second-order valence-electron chi connectivity index (χ2n) is 4.26. The summed E-state index contributed by atoms with van der Waals surface area (Å²) in [6, 6.07) is 7.50. The van der Waals surface area contributed by atoms with Gasteiger partial charge in [-0.2, -0.15) is 5.10 Å². The Morgan fingerprint density at radius 1 is 1.35 bits per heavy atom. The number of hydrogen-bond acceptors (Lipinski definition) is 4. The summed E-state index contributed by atoms with van der Waals surface area (Å²) >= 11 is 0. The average molecular weight is 230 g/mol. The number of fused-ring (bicyclic) bond motifs is 1. The van der Waals surface area contributed by atoms with Crippen molar-refractivity contribution in [3.8, 4) is 11.4 Å². The Balaban J connectivity index is 2.08. The molecule has 1 aromatic heterocycles. The largest absolute Gasteiger partial charge is 0.398 e. The standard InChI is InChI=1S/C12H14N4O/c13-9-5-2-1-4-8(9)11-14-12-10(17)6-3-7-16(12)15-11/h1-2,4-5,10,17H,3,6-7,13H2. The summed E-state index contributed by atoms with van der Waals surface area (Å²) in [6.45, 7) is 0.812. The SMILES string of the molecule is Nc1ccccc1-c1nc2n(n1)CCCC2O. The van der Waals surface area contributed by atoms with E-state index in [0.29, 0.717) is 17.3 Å². The maximum Gasteiger partial charge on any atom is 0.183 e. The number of aliphatic hydroxyl groups is 1. The maximum absolute atomic E-state index is 9.84. The van der Waals surface area contributed by atoms with E-state index in [4.69, 9.17) is 5.73 Å². The first-order valence-electron chi connectivity index (χ1n) is 5.73. The number of para-hydroxylation sites is 1. The predicted octanol–water partition coefficient (Wildman–Crippen LogP) is 1.35. The van der Waals surface area contributed by atoms with E-state index in [-0.39, 0.29) is 0 Å². The highest BCUT2D eigenvalue weighted by Gasteiger charge is 2.22. The Bertz CT molecular complexity index is 549. The molecule has 0 bridgehead atoms. The molecular formula is C12H14N4O. The molecule has 1 unspecified atom stereocenters. The minimum absolute atomic E-state index is 0.505. The van der Waals surface area contributed by atoms with Gasteiger partial charge in [-0.15, -0.1) is 0 Å². The molecule has 3 rings (SSSR count). The van der Waals surface area contributed by atoms with Crippen molar-refractivity contribution in [2.24, 2.45) is 0 Å². The van der Waals surface area contributed by atoms with Crippen LogP contribution in [0.15, 0.2) is 24.3 Å². The number of aromatic nitrogens is 3. The van der Waals surface area contributed by atoms with Gasteiger partial charge in [-0.3, -0.25) is 0 Å². The Labute approximate surface area is 98.9 Å². The molecule has 0 saturated heterocycles. The number of hydrogen-bond donors (Lipinski definition) is 2. The summed E-state index contributed by atoms with van der Waals surface area (Å²) in [4.78, 5) is 4.38. The fourth-order valence-corrected chi connectivity index (χ4v) is 2.14. The molecule has 3 N–H and O–H groups in total. The van der Waals surface area contributed by atoms with E-state index in [1.54, 1.807) is 4.68 Å². The van der Waals surface area contributed by atoms with Crippen molar-refractivity contribution in [1.82, 2.24) is 14.8 Å². The second-order valence-corrected chi connectivity index (χ2v) is 4.26. The number of benzene rings is 1. The highest BCUT2D eigenvalue weighted by molar-refractivity contribution is 5.70. The Hall–Kier alpha value is -1.88. The zero-order chi connectivity index (χ0) is 11.8. The Kier molecular flexibility index (Phi) is 2.33. The van der Waals surface area contributed by atoms with Gasteiger partial charge in [0.15, 0.2) is 11.6 Å². The molecule has 0 saturated carbocycles. The molecule has 88 valence electrons. The van der Waals surface area contributed by atoms with Crippen molar-refractivity contribution >= 4 is 5.69 Å². The molecule has 1 aromatic carbocycles. The minimum atomic E-state index is -0.505. The number of aryl methyl sites for hydroxylation is 1. The van der Waals surface area contributed by atoms with Crippen molar-refractivity contribution < 1.29 is 5.11 Å². The zero-order valence-electron chi connectivity index (χ0n) is 9.37. The molecule has 5 nitrogen and oxygen atoms in total. The smallest absolute Gasteiger partial charge is 0.183 e. The second kappa shape index (κ2) is 3.85. The van der Waals surface area contributed by atoms with Gasteiger partial charge in [0.05, 0.1) is 0 Å². The van der Waals surface area contributed by atoms with Crippen molar-refractivity contribution in [3.63, 3.8) is 0 Å². The van der Waals surface area contributed by atoms with E-state index in [2.05, 4.69) is 10.1 Å². The van der Waals surface area contributed by atoms with Gasteiger partial charge in [0.25, 0.3) is 0 Å². The Morgan fingerprint density at radius 2 is 2.18 bits per heavy atom. The monoisotopic (exact) mass is 230 g/mol. The lowest BCUT2D eigenvalue weighted by Crippen LogP contribution is -2.16. The maximum atomic E-state index is 9.84. The normalized spacial score (nSPS) is 19.0. The lowest BCUT2D eigenvalue weighted by molar-refractivity contribution is 0.130. The van der Waals surface area contributed by atoms with Crippen molar-refractivity contribution in [3.05, 3.63) is 30.1 Å². The summed E-state index contributed by atoms with van der Waals surface area (Å²) in [5.74, 6) is 1.24. The topological polar surface area (TPSA) is 77.0 Å². The van der Waals surface area contributed by atoms with E-state index >= 15 is 0 Å². The van der Waals surface area contributed by atoms with Crippen LogP contribution < -0.4 is 5.73 Å². The first kappa shape index (κ1) is 10.3. The first-order valence-corrected chi connectivity index (χ1v) is 5.73. The fraction of sp³-hybridized carbons (Fsp3) is 0.333. The quantitative estimate of drug-likeness (QED) is 0.725. The van der Waals surface area contributed by atoms with Crippen LogP contribution in [0.25, 0.3) is 11.4 Å². The van der Waals surface area contributed by atoms with E-state index in [9.17, 15) is 5.11 Å². The van der Waals surface area contributed by atoms with Gasteiger partial charge in [-0.05, 0) is 25.0 Å². The third-order valence-corrected chi connectivity index (χ3v) is 3.05. The molecule has 5 heteroatoms. The highest BCUT2D eigenvalue weighted by Crippen LogP contribution is 2.28. The van der Waals surface area contributed by atoms with Crippen LogP contribution in [0.5, 0.6) is 0 Å². The van der Waals surface area contributed by atoms with Gasteiger partial charge in [0.1, 0.15) is 6.10 Å². The molecule has 0 fully saturated rings. The molecule has 1 aliphatic heterocycles. The molecule has 0 aliphatic carbocycles. The van der Waals surface area contributed by atoms with Crippen molar-refractivity contribution in [1.29, 1.82) is 0 Å². The number of nitrogen functional groups attached to an aromatic ring is 1. The average Bonchev–Trinajstić information content (AvgIpc) is 2.75. The molecule has 0 radical (unpaired) electrons. The van der Waals surface area contributed by atoms with Crippen LogP contribution in [0.2, 0.25) is 0 Å². The van der Waals surface area contributed by atoms with Gasteiger partial charge >= 0.3 is 0 Å². The number of aliphatic hydroxyl groups excluding tert-OH is 1. The number of rotatable bonds is 1. The van der Waals surface area contributed by atoms with Crippen LogP contribution in [0.1, 0.15) is 24.8 Å². The Morgan fingerprint density at radius 3 is 2.94 bits per heavy atom. The number of nitrogens with zero attached hydrogens (tertiary/aromatic N) is 3. The number of anilines is 1.